The number of carbonyl (C=O) groups excluding carboxylic acids is 3. The van der Waals surface area contributed by atoms with Crippen molar-refractivity contribution in [3.63, 3.8) is 0 Å². The number of rotatable bonds is 26. The zero-order valence-electron chi connectivity index (χ0n) is 25.4. The maximum atomic E-state index is 11.9. The van der Waals surface area contributed by atoms with Crippen molar-refractivity contribution in [3.05, 3.63) is 0 Å². The van der Waals surface area contributed by atoms with Crippen LogP contribution in [-0.2, 0) is 28.7 Å². The molecule has 0 radical (unpaired) electrons. The molecule has 0 rings (SSSR count). The van der Waals surface area contributed by atoms with Crippen LogP contribution in [0.15, 0.2) is 0 Å². The van der Waals surface area contributed by atoms with Crippen LogP contribution in [0.5, 0.6) is 0 Å². The van der Waals surface area contributed by atoms with Gasteiger partial charge in [0.05, 0.1) is 0 Å². The van der Waals surface area contributed by atoms with Crippen LogP contribution in [-0.4, -0.2) is 34.6 Å². The molecule has 0 aromatic carbocycles. The van der Waals surface area contributed by atoms with Crippen LogP contribution in [0.25, 0.3) is 0 Å². The summed E-state index contributed by atoms with van der Waals surface area (Å²) < 4.78 is 10.3. The number of aliphatic carboxylic acids is 1. The van der Waals surface area contributed by atoms with Gasteiger partial charge in [-0.1, -0.05) is 103 Å². The Labute approximate surface area is 238 Å². The van der Waals surface area contributed by atoms with E-state index in [1.54, 1.807) is 0 Å². The van der Waals surface area contributed by atoms with E-state index in [4.69, 9.17) is 14.6 Å². The molecule has 39 heavy (non-hydrogen) atoms. The van der Waals surface area contributed by atoms with E-state index in [0.717, 1.165) is 89.9 Å². The van der Waals surface area contributed by atoms with Gasteiger partial charge in [-0.25, -0.2) is 0 Å². The zero-order valence-corrected chi connectivity index (χ0v) is 25.4. The highest BCUT2D eigenvalue weighted by Crippen LogP contribution is 2.15. The second kappa shape index (κ2) is 25.1. The van der Waals surface area contributed by atoms with Crippen molar-refractivity contribution in [3.8, 4) is 0 Å². The van der Waals surface area contributed by atoms with Crippen LogP contribution < -0.4 is 0 Å². The first-order valence-corrected chi connectivity index (χ1v) is 15.8. The molecular formula is C32H58O7. The number of unbranched alkanes of at least 4 members (excludes halogenated alkanes) is 18. The lowest BCUT2D eigenvalue weighted by molar-refractivity contribution is -0.160. The number of ether oxygens (including phenoxy) is 2. The predicted molar refractivity (Wildman–Crippen MR) is 155 cm³/mol. The highest BCUT2D eigenvalue weighted by atomic mass is 16.6. The molecular weight excluding hydrogens is 496 g/mol. The Balaban J connectivity index is 3.38. The SMILES string of the molecule is CC(C)(C)OC(=O)CCCCCCCCCCCCC(=O)OC(=O)CCCCCCCCCCCCC(=O)O. The zero-order chi connectivity index (χ0) is 29.2. The van der Waals surface area contributed by atoms with Gasteiger partial charge in [0.1, 0.15) is 5.60 Å². The Bertz CT molecular complexity index is 651. The molecule has 0 aliphatic heterocycles. The lowest BCUT2D eigenvalue weighted by atomic mass is 10.0. The molecule has 0 atom stereocenters. The van der Waals surface area contributed by atoms with Gasteiger partial charge < -0.3 is 14.6 Å². The average Bonchev–Trinajstić information content (AvgIpc) is 2.84. The van der Waals surface area contributed by atoms with Crippen LogP contribution in [0.1, 0.15) is 175 Å². The molecule has 0 unspecified atom stereocenters. The second-order valence-electron chi connectivity index (χ2n) is 11.9. The van der Waals surface area contributed by atoms with Gasteiger partial charge in [0, 0.05) is 25.7 Å². The highest BCUT2D eigenvalue weighted by molar-refractivity contribution is 5.85. The number of carboxylic acids is 1. The van der Waals surface area contributed by atoms with Gasteiger partial charge in [-0.15, -0.1) is 0 Å². The minimum Gasteiger partial charge on any atom is -0.481 e. The first-order chi connectivity index (χ1) is 18.6. The van der Waals surface area contributed by atoms with Gasteiger partial charge in [-0.2, -0.15) is 0 Å². The van der Waals surface area contributed by atoms with Crippen LogP contribution in [0.4, 0.5) is 0 Å². The predicted octanol–water partition coefficient (Wildman–Crippen LogP) is 8.84. The molecule has 0 saturated carbocycles. The topological polar surface area (TPSA) is 107 Å². The first kappa shape index (κ1) is 37.1. The third-order valence-electron chi connectivity index (χ3n) is 6.68. The molecule has 7 nitrogen and oxygen atoms in total. The Hall–Kier alpha value is -1.92. The molecule has 0 aliphatic carbocycles. The van der Waals surface area contributed by atoms with Crippen molar-refractivity contribution in [2.75, 3.05) is 0 Å². The van der Waals surface area contributed by atoms with Crippen molar-refractivity contribution >= 4 is 23.9 Å². The minimum absolute atomic E-state index is 0.103. The average molecular weight is 555 g/mol. The van der Waals surface area contributed by atoms with E-state index in [9.17, 15) is 19.2 Å². The molecule has 0 amide bonds. The molecule has 0 spiro atoms. The van der Waals surface area contributed by atoms with Crippen molar-refractivity contribution in [1.82, 2.24) is 0 Å². The standard InChI is InChI=1S/C32H58O7/c1-32(2,3)39-31(37)27-23-19-15-11-7-6-10-14-18-22-26-30(36)38-29(35)25-21-17-13-9-5-4-8-12-16-20-24-28(33)34/h4-27H2,1-3H3,(H,33,34). The summed E-state index contributed by atoms with van der Waals surface area (Å²) >= 11 is 0. The van der Waals surface area contributed by atoms with Crippen molar-refractivity contribution < 1.29 is 33.8 Å². The third-order valence-corrected chi connectivity index (χ3v) is 6.68. The fourth-order valence-electron chi connectivity index (χ4n) is 4.53. The number of hydrogen-bond acceptors (Lipinski definition) is 6. The Morgan fingerprint density at radius 2 is 0.692 bits per heavy atom. The van der Waals surface area contributed by atoms with E-state index in [-0.39, 0.29) is 12.4 Å². The second-order valence-corrected chi connectivity index (χ2v) is 11.9. The van der Waals surface area contributed by atoms with Crippen LogP contribution in [0, 0.1) is 0 Å². The summed E-state index contributed by atoms with van der Waals surface area (Å²) in [6.45, 7) is 5.68. The van der Waals surface area contributed by atoms with Crippen molar-refractivity contribution in [1.29, 1.82) is 0 Å². The van der Waals surface area contributed by atoms with Crippen molar-refractivity contribution in [2.24, 2.45) is 0 Å². The van der Waals surface area contributed by atoms with E-state index in [2.05, 4.69) is 0 Å². The third kappa shape index (κ3) is 30.5. The van der Waals surface area contributed by atoms with E-state index >= 15 is 0 Å². The monoisotopic (exact) mass is 554 g/mol. The van der Waals surface area contributed by atoms with Gasteiger partial charge in [0.25, 0.3) is 0 Å². The van der Waals surface area contributed by atoms with E-state index in [0.29, 0.717) is 19.3 Å². The Morgan fingerprint density at radius 3 is 0.974 bits per heavy atom. The smallest absolute Gasteiger partial charge is 0.313 e. The van der Waals surface area contributed by atoms with Gasteiger partial charge in [0.2, 0.25) is 0 Å². The molecule has 0 bridgehead atoms. The molecule has 0 heterocycles. The molecule has 0 aliphatic rings. The summed E-state index contributed by atoms with van der Waals surface area (Å²) in [5, 5.41) is 8.60. The molecule has 1 N–H and O–H groups in total. The van der Waals surface area contributed by atoms with Crippen LogP contribution >= 0.6 is 0 Å². The van der Waals surface area contributed by atoms with Gasteiger partial charge in [0.15, 0.2) is 0 Å². The van der Waals surface area contributed by atoms with Gasteiger partial charge in [-0.3, -0.25) is 19.2 Å². The quantitative estimate of drug-likeness (QED) is 0.0646. The maximum Gasteiger partial charge on any atom is 0.313 e. The summed E-state index contributed by atoms with van der Waals surface area (Å²) in [6.07, 6.45) is 22.6. The number of hydrogen-bond donors (Lipinski definition) is 1. The summed E-state index contributed by atoms with van der Waals surface area (Å²) in [6, 6.07) is 0. The molecule has 0 fully saturated rings. The number of carbonyl (C=O) groups is 4. The largest absolute Gasteiger partial charge is 0.481 e. The number of carboxylic acid groups (broad SMARTS) is 1. The van der Waals surface area contributed by atoms with E-state index < -0.39 is 23.5 Å². The van der Waals surface area contributed by atoms with Crippen LogP contribution in [0.3, 0.4) is 0 Å². The van der Waals surface area contributed by atoms with Crippen molar-refractivity contribution in [2.45, 2.75) is 180 Å². The maximum absolute atomic E-state index is 11.9. The fraction of sp³-hybridized carbons (Fsp3) is 0.875. The fourth-order valence-corrected chi connectivity index (χ4v) is 4.53. The van der Waals surface area contributed by atoms with Crippen LogP contribution in [0.2, 0.25) is 0 Å². The van der Waals surface area contributed by atoms with Gasteiger partial charge >= 0.3 is 23.9 Å². The summed E-state index contributed by atoms with van der Waals surface area (Å²) in [4.78, 5) is 45.8. The lowest BCUT2D eigenvalue weighted by Crippen LogP contribution is -2.23. The first-order valence-electron chi connectivity index (χ1n) is 15.8. The van der Waals surface area contributed by atoms with E-state index in [1.807, 2.05) is 20.8 Å². The Morgan fingerprint density at radius 1 is 0.436 bits per heavy atom. The van der Waals surface area contributed by atoms with Gasteiger partial charge in [-0.05, 0) is 46.5 Å². The molecule has 228 valence electrons. The normalized spacial score (nSPS) is 11.4. The number of esters is 3. The lowest BCUT2D eigenvalue weighted by Gasteiger charge is -2.19. The highest BCUT2D eigenvalue weighted by Gasteiger charge is 2.15. The van der Waals surface area contributed by atoms with E-state index in [1.165, 1.54) is 38.5 Å². The summed E-state index contributed by atoms with van der Waals surface area (Å²) in [5.41, 5.74) is -0.398. The molecule has 0 aromatic rings. The Kier molecular flexibility index (Phi) is 23.8. The minimum atomic E-state index is -0.709. The molecule has 7 heteroatoms. The summed E-state index contributed by atoms with van der Waals surface area (Å²) in [7, 11) is 0. The summed E-state index contributed by atoms with van der Waals surface area (Å²) in [5.74, 6) is -1.60. The molecule has 0 aromatic heterocycles. The molecule has 0 saturated heterocycles.